The number of halogens is 5. The minimum Gasteiger partial charge on any atom is -0.339 e. The lowest BCUT2D eigenvalue weighted by Gasteiger charge is -2.11. The SMILES string of the molecule is Cc1ccc(Nc2cc(C(F)(F)F)nc(Cl)n2)c(Cl)c1. The second-order valence-electron chi connectivity index (χ2n) is 4.01. The lowest BCUT2D eigenvalue weighted by atomic mass is 10.2. The van der Waals surface area contributed by atoms with Gasteiger partial charge in [0.2, 0.25) is 5.28 Å². The van der Waals surface area contributed by atoms with E-state index in [-0.39, 0.29) is 5.82 Å². The fraction of sp³-hybridized carbons (Fsp3) is 0.167. The molecule has 0 saturated heterocycles. The largest absolute Gasteiger partial charge is 0.433 e. The van der Waals surface area contributed by atoms with Crippen molar-refractivity contribution in [1.82, 2.24) is 9.97 Å². The first-order chi connectivity index (χ1) is 9.25. The first-order valence-corrected chi connectivity index (χ1v) is 6.16. The van der Waals surface area contributed by atoms with E-state index < -0.39 is 17.2 Å². The standard InChI is InChI=1S/C12H8Cl2F3N3/c1-6-2-3-8(7(13)4-6)18-10-5-9(12(15,16)17)19-11(14)20-10/h2-5H,1H3,(H,18,19,20). The van der Waals surface area contributed by atoms with Gasteiger partial charge in [0.15, 0.2) is 5.69 Å². The maximum atomic E-state index is 12.6. The number of anilines is 2. The van der Waals surface area contributed by atoms with Crippen LogP contribution >= 0.6 is 23.2 Å². The zero-order valence-corrected chi connectivity index (χ0v) is 11.6. The second-order valence-corrected chi connectivity index (χ2v) is 4.76. The Labute approximate surface area is 122 Å². The summed E-state index contributed by atoms with van der Waals surface area (Å²) < 4.78 is 37.8. The molecule has 20 heavy (non-hydrogen) atoms. The van der Waals surface area contributed by atoms with Gasteiger partial charge in [0.25, 0.3) is 0 Å². The van der Waals surface area contributed by atoms with Crippen LogP contribution in [0, 0.1) is 6.92 Å². The molecule has 0 fully saturated rings. The van der Waals surface area contributed by atoms with Gasteiger partial charge in [-0.15, -0.1) is 0 Å². The molecule has 0 bridgehead atoms. The summed E-state index contributed by atoms with van der Waals surface area (Å²) in [5.41, 5.74) is 0.237. The van der Waals surface area contributed by atoms with Crippen LogP contribution in [0.5, 0.6) is 0 Å². The third kappa shape index (κ3) is 3.52. The van der Waals surface area contributed by atoms with Gasteiger partial charge < -0.3 is 5.32 Å². The van der Waals surface area contributed by atoms with Crippen molar-refractivity contribution < 1.29 is 13.2 Å². The molecule has 0 spiro atoms. The predicted octanol–water partition coefficient (Wildman–Crippen LogP) is 4.85. The molecule has 0 atom stereocenters. The van der Waals surface area contributed by atoms with Crippen LogP contribution in [0.1, 0.15) is 11.3 Å². The predicted molar refractivity (Wildman–Crippen MR) is 71.5 cm³/mol. The van der Waals surface area contributed by atoms with Crippen molar-refractivity contribution in [2.24, 2.45) is 0 Å². The number of hydrogen-bond acceptors (Lipinski definition) is 3. The van der Waals surface area contributed by atoms with Crippen molar-refractivity contribution >= 4 is 34.7 Å². The molecule has 0 aliphatic carbocycles. The van der Waals surface area contributed by atoms with Crippen molar-refractivity contribution in [2.45, 2.75) is 13.1 Å². The summed E-state index contributed by atoms with van der Waals surface area (Å²) in [6, 6.07) is 5.85. The van der Waals surface area contributed by atoms with E-state index in [0.29, 0.717) is 10.7 Å². The van der Waals surface area contributed by atoms with Gasteiger partial charge in [-0.3, -0.25) is 0 Å². The molecule has 0 unspecified atom stereocenters. The van der Waals surface area contributed by atoms with Crippen LogP contribution in [0.4, 0.5) is 24.7 Å². The monoisotopic (exact) mass is 321 g/mol. The Kier molecular flexibility index (Phi) is 4.06. The quantitative estimate of drug-likeness (QED) is 0.803. The third-order valence-electron chi connectivity index (χ3n) is 2.38. The summed E-state index contributed by atoms with van der Waals surface area (Å²) in [6.07, 6.45) is -4.60. The van der Waals surface area contributed by atoms with E-state index in [1.54, 1.807) is 18.2 Å². The molecule has 1 aromatic carbocycles. The number of nitrogens with zero attached hydrogens (tertiary/aromatic N) is 2. The molecular formula is C12H8Cl2F3N3. The van der Waals surface area contributed by atoms with Gasteiger partial charge in [-0.25, -0.2) is 9.97 Å². The fourth-order valence-corrected chi connectivity index (χ4v) is 1.95. The highest BCUT2D eigenvalue weighted by atomic mass is 35.5. The normalized spacial score (nSPS) is 11.5. The zero-order chi connectivity index (χ0) is 14.9. The highest BCUT2D eigenvalue weighted by molar-refractivity contribution is 6.33. The van der Waals surface area contributed by atoms with Crippen molar-refractivity contribution in [3.05, 3.63) is 45.8 Å². The van der Waals surface area contributed by atoms with Crippen molar-refractivity contribution in [3.8, 4) is 0 Å². The van der Waals surface area contributed by atoms with Gasteiger partial charge in [0, 0.05) is 6.07 Å². The molecule has 0 aliphatic heterocycles. The number of nitrogens with one attached hydrogen (secondary N) is 1. The molecular weight excluding hydrogens is 314 g/mol. The average molecular weight is 322 g/mol. The number of rotatable bonds is 2. The number of benzene rings is 1. The number of hydrogen-bond donors (Lipinski definition) is 1. The van der Waals surface area contributed by atoms with E-state index in [4.69, 9.17) is 23.2 Å². The van der Waals surface area contributed by atoms with E-state index in [1.807, 2.05) is 6.92 Å². The number of alkyl halides is 3. The average Bonchev–Trinajstić information content (AvgIpc) is 2.31. The second kappa shape index (κ2) is 5.46. The van der Waals surface area contributed by atoms with Crippen molar-refractivity contribution in [2.75, 3.05) is 5.32 Å². The summed E-state index contributed by atoms with van der Waals surface area (Å²) in [5.74, 6) is -0.0805. The molecule has 2 aromatic rings. The summed E-state index contributed by atoms with van der Waals surface area (Å²) in [5, 5.41) is 2.56. The summed E-state index contributed by atoms with van der Waals surface area (Å²) in [4.78, 5) is 6.83. The Balaban J connectivity index is 2.36. The molecule has 1 aromatic heterocycles. The topological polar surface area (TPSA) is 37.8 Å². The molecule has 8 heteroatoms. The van der Waals surface area contributed by atoms with Gasteiger partial charge in [0.05, 0.1) is 10.7 Å². The smallest absolute Gasteiger partial charge is 0.339 e. The first kappa shape index (κ1) is 14.9. The van der Waals surface area contributed by atoms with Crippen LogP contribution in [-0.2, 0) is 6.18 Å². The molecule has 1 heterocycles. The minimum atomic E-state index is -4.60. The fourth-order valence-electron chi connectivity index (χ4n) is 1.49. The summed E-state index contributed by atoms with van der Waals surface area (Å²) >= 11 is 11.5. The van der Waals surface area contributed by atoms with E-state index in [9.17, 15) is 13.2 Å². The molecule has 0 aliphatic rings. The lowest BCUT2D eigenvalue weighted by molar-refractivity contribution is -0.141. The minimum absolute atomic E-state index is 0.0805. The molecule has 1 N–H and O–H groups in total. The maximum absolute atomic E-state index is 12.6. The Morgan fingerprint density at radius 2 is 1.80 bits per heavy atom. The molecule has 106 valence electrons. The van der Waals surface area contributed by atoms with E-state index in [1.165, 1.54) is 0 Å². The molecule has 0 radical (unpaired) electrons. The van der Waals surface area contributed by atoms with Crippen molar-refractivity contribution in [3.63, 3.8) is 0 Å². The van der Waals surface area contributed by atoms with Crippen molar-refractivity contribution in [1.29, 1.82) is 0 Å². The van der Waals surface area contributed by atoms with Gasteiger partial charge in [-0.2, -0.15) is 13.2 Å². The van der Waals surface area contributed by atoms with Crippen LogP contribution in [0.15, 0.2) is 24.3 Å². The zero-order valence-electron chi connectivity index (χ0n) is 10.1. The van der Waals surface area contributed by atoms with E-state index in [2.05, 4.69) is 15.3 Å². The molecule has 2 rings (SSSR count). The number of aryl methyl sites for hydroxylation is 1. The molecule has 0 saturated carbocycles. The van der Waals surface area contributed by atoms with Gasteiger partial charge in [0.1, 0.15) is 5.82 Å². The Bertz CT molecular complexity index is 644. The van der Waals surface area contributed by atoms with Gasteiger partial charge >= 0.3 is 6.18 Å². The van der Waals surface area contributed by atoms with Crippen LogP contribution in [-0.4, -0.2) is 9.97 Å². The van der Waals surface area contributed by atoms with Crippen LogP contribution in [0.2, 0.25) is 10.3 Å². The highest BCUT2D eigenvalue weighted by Gasteiger charge is 2.33. The molecule has 0 amide bonds. The Morgan fingerprint density at radius 1 is 1.10 bits per heavy atom. The Morgan fingerprint density at radius 3 is 2.40 bits per heavy atom. The summed E-state index contributed by atoms with van der Waals surface area (Å²) in [7, 11) is 0. The molecule has 3 nitrogen and oxygen atoms in total. The highest BCUT2D eigenvalue weighted by Crippen LogP contribution is 2.31. The number of aromatic nitrogens is 2. The van der Waals surface area contributed by atoms with Crippen LogP contribution in [0.3, 0.4) is 0 Å². The third-order valence-corrected chi connectivity index (χ3v) is 2.86. The first-order valence-electron chi connectivity index (χ1n) is 5.40. The summed E-state index contributed by atoms with van der Waals surface area (Å²) in [6.45, 7) is 1.85. The van der Waals surface area contributed by atoms with Crippen LogP contribution in [0.25, 0.3) is 0 Å². The van der Waals surface area contributed by atoms with Crippen LogP contribution < -0.4 is 5.32 Å². The van der Waals surface area contributed by atoms with E-state index in [0.717, 1.165) is 11.6 Å². The maximum Gasteiger partial charge on any atom is 0.433 e. The Hall–Kier alpha value is -1.53. The van der Waals surface area contributed by atoms with Gasteiger partial charge in [-0.05, 0) is 36.2 Å². The van der Waals surface area contributed by atoms with Gasteiger partial charge in [-0.1, -0.05) is 17.7 Å². The van der Waals surface area contributed by atoms with E-state index >= 15 is 0 Å². The lowest BCUT2D eigenvalue weighted by Crippen LogP contribution is -2.10.